The summed E-state index contributed by atoms with van der Waals surface area (Å²) in [5.41, 5.74) is 8.06. The number of para-hydroxylation sites is 1. The van der Waals surface area contributed by atoms with Crippen molar-refractivity contribution in [1.82, 2.24) is 0 Å². The lowest BCUT2D eigenvalue weighted by atomic mass is 10.1. The van der Waals surface area contributed by atoms with Gasteiger partial charge in [-0.25, -0.2) is 4.39 Å². The van der Waals surface area contributed by atoms with E-state index in [2.05, 4.69) is 0 Å². The lowest BCUT2D eigenvalue weighted by Gasteiger charge is -2.20. The van der Waals surface area contributed by atoms with Crippen LogP contribution in [0.4, 0.5) is 10.1 Å². The molecule has 4 heteroatoms. The molecule has 0 bridgehead atoms. The van der Waals surface area contributed by atoms with Gasteiger partial charge in [0.2, 0.25) is 0 Å². The molecule has 0 aliphatic rings. The summed E-state index contributed by atoms with van der Waals surface area (Å²) in [5.74, 6) is -0.236. The van der Waals surface area contributed by atoms with Crippen LogP contribution in [0.3, 0.4) is 0 Å². The van der Waals surface area contributed by atoms with Crippen LogP contribution in [0.1, 0.15) is 11.1 Å². The molecule has 2 rings (SSSR count). The van der Waals surface area contributed by atoms with E-state index in [1.54, 1.807) is 12.1 Å². The van der Waals surface area contributed by atoms with Gasteiger partial charge in [0.15, 0.2) is 0 Å². The molecular weight excluding hydrogens is 263 g/mol. The van der Waals surface area contributed by atoms with E-state index in [1.807, 2.05) is 36.2 Å². The van der Waals surface area contributed by atoms with E-state index in [1.165, 1.54) is 6.07 Å². The third-order valence-electron chi connectivity index (χ3n) is 3.02. The normalized spacial score (nSPS) is 10.5. The minimum Gasteiger partial charge on any atom is -0.368 e. The highest BCUT2D eigenvalue weighted by Crippen LogP contribution is 2.23. The largest absolute Gasteiger partial charge is 0.368 e. The van der Waals surface area contributed by atoms with E-state index < -0.39 is 0 Å². The van der Waals surface area contributed by atoms with Crippen molar-refractivity contribution in [3.05, 3.63) is 64.4 Å². The van der Waals surface area contributed by atoms with Crippen LogP contribution in [-0.4, -0.2) is 7.05 Å². The molecule has 2 nitrogen and oxygen atoms in total. The van der Waals surface area contributed by atoms with E-state index in [-0.39, 0.29) is 5.82 Å². The Hall–Kier alpha value is -1.58. The monoisotopic (exact) mass is 278 g/mol. The second-order valence-electron chi connectivity index (χ2n) is 4.44. The lowest BCUT2D eigenvalue weighted by Crippen LogP contribution is -2.18. The van der Waals surface area contributed by atoms with E-state index >= 15 is 0 Å². The number of hydrogen-bond donors (Lipinski definition) is 1. The lowest BCUT2D eigenvalue weighted by molar-refractivity contribution is 0.622. The second kappa shape index (κ2) is 6.04. The molecule has 0 spiro atoms. The van der Waals surface area contributed by atoms with Crippen LogP contribution in [0, 0.1) is 5.82 Å². The molecular formula is C15H16ClFN2. The number of nitrogens with zero attached hydrogens (tertiary/aromatic N) is 1. The number of anilines is 1. The van der Waals surface area contributed by atoms with Crippen LogP contribution in [0.15, 0.2) is 42.5 Å². The molecule has 0 heterocycles. The predicted octanol–water partition coefficient (Wildman–Crippen LogP) is 3.57. The van der Waals surface area contributed by atoms with Crippen LogP contribution in [0.25, 0.3) is 0 Å². The van der Waals surface area contributed by atoms with E-state index in [9.17, 15) is 4.39 Å². The van der Waals surface area contributed by atoms with Gasteiger partial charge in [-0.1, -0.05) is 35.9 Å². The molecule has 0 unspecified atom stereocenters. The van der Waals surface area contributed by atoms with Crippen molar-refractivity contribution < 1.29 is 4.39 Å². The van der Waals surface area contributed by atoms with Crippen LogP contribution in [0.5, 0.6) is 0 Å². The quantitative estimate of drug-likeness (QED) is 0.926. The maximum Gasteiger partial charge on any atom is 0.146 e. The first-order valence-electron chi connectivity index (χ1n) is 6.05. The molecule has 2 aromatic rings. The van der Waals surface area contributed by atoms with Crippen molar-refractivity contribution in [3.8, 4) is 0 Å². The zero-order valence-corrected chi connectivity index (χ0v) is 11.5. The molecule has 0 saturated heterocycles. The second-order valence-corrected chi connectivity index (χ2v) is 4.84. The van der Waals surface area contributed by atoms with Crippen LogP contribution < -0.4 is 10.6 Å². The third-order valence-corrected chi connectivity index (χ3v) is 3.38. The summed E-state index contributed by atoms with van der Waals surface area (Å²) in [6.45, 7) is 1.01. The highest BCUT2D eigenvalue weighted by atomic mass is 35.5. The molecule has 0 atom stereocenters. The van der Waals surface area contributed by atoms with E-state index in [4.69, 9.17) is 17.3 Å². The van der Waals surface area contributed by atoms with Gasteiger partial charge in [-0.05, 0) is 29.3 Å². The zero-order chi connectivity index (χ0) is 13.8. The molecule has 19 heavy (non-hydrogen) atoms. The number of halogens is 2. The van der Waals surface area contributed by atoms with Gasteiger partial charge in [-0.3, -0.25) is 0 Å². The molecule has 0 aliphatic carbocycles. The first-order chi connectivity index (χ1) is 9.11. The van der Waals surface area contributed by atoms with Gasteiger partial charge in [-0.15, -0.1) is 0 Å². The first-order valence-corrected chi connectivity index (χ1v) is 6.42. The van der Waals surface area contributed by atoms with Crippen molar-refractivity contribution in [2.24, 2.45) is 5.73 Å². The van der Waals surface area contributed by atoms with Gasteiger partial charge in [0.25, 0.3) is 0 Å². The smallest absolute Gasteiger partial charge is 0.146 e. The summed E-state index contributed by atoms with van der Waals surface area (Å²) < 4.78 is 13.7. The molecule has 0 amide bonds. The number of rotatable bonds is 4. The van der Waals surface area contributed by atoms with E-state index in [0.717, 1.165) is 11.1 Å². The maximum absolute atomic E-state index is 13.7. The van der Waals surface area contributed by atoms with Gasteiger partial charge in [0.1, 0.15) is 5.82 Å². The van der Waals surface area contributed by atoms with Crippen LogP contribution >= 0.6 is 11.6 Å². The minimum absolute atomic E-state index is 0.236. The molecule has 0 radical (unpaired) electrons. The Morgan fingerprint density at radius 2 is 1.95 bits per heavy atom. The highest BCUT2D eigenvalue weighted by molar-refractivity contribution is 6.31. The number of hydrogen-bond acceptors (Lipinski definition) is 2. The Labute approximate surface area is 117 Å². The van der Waals surface area contributed by atoms with Crippen LogP contribution in [0.2, 0.25) is 5.02 Å². The summed E-state index contributed by atoms with van der Waals surface area (Å²) in [5, 5.41) is 0.658. The Kier molecular flexibility index (Phi) is 4.40. The molecule has 0 aromatic heterocycles. The fourth-order valence-electron chi connectivity index (χ4n) is 1.95. The molecule has 2 aromatic carbocycles. The fraction of sp³-hybridized carbons (Fsp3) is 0.200. The number of benzene rings is 2. The van der Waals surface area contributed by atoms with Gasteiger partial charge in [0.05, 0.1) is 5.69 Å². The molecule has 2 N–H and O–H groups in total. The van der Waals surface area contributed by atoms with Crippen molar-refractivity contribution >= 4 is 17.3 Å². The average molecular weight is 279 g/mol. The fourth-order valence-corrected chi connectivity index (χ4v) is 2.21. The Bertz CT molecular complexity index is 572. The van der Waals surface area contributed by atoms with Crippen LogP contribution in [-0.2, 0) is 13.1 Å². The Morgan fingerprint density at radius 3 is 2.58 bits per heavy atom. The van der Waals surface area contributed by atoms with E-state index in [0.29, 0.717) is 23.8 Å². The molecule has 0 saturated carbocycles. The summed E-state index contributed by atoms with van der Waals surface area (Å²) in [4.78, 5) is 1.83. The van der Waals surface area contributed by atoms with Gasteiger partial charge < -0.3 is 10.6 Å². The third kappa shape index (κ3) is 3.25. The Morgan fingerprint density at radius 1 is 1.21 bits per heavy atom. The van der Waals surface area contributed by atoms with Crippen molar-refractivity contribution in [3.63, 3.8) is 0 Å². The Balaban J connectivity index is 2.19. The molecule has 100 valence electrons. The highest BCUT2D eigenvalue weighted by Gasteiger charge is 2.09. The summed E-state index contributed by atoms with van der Waals surface area (Å²) in [7, 11) is 1.84. The summed E-state index contributed by atoms with van der Waals surface area (Å²) in [6, 6.07) is 12.4. The number of nitrogens with two attached hydrogens (primary N) is 1. The van der Waals surface area contributed by atoms with Crippen molar-refractivity contribution in [2.45, 2.75) is 13.1 Å². The standard InChI is InChI=1S/C15H16ClFN2/c1-19(15-5-3-2-4-14(15)17)10-12-7-6-11(9-18)8-13(12)16/h2-8H,9-10,18H2,1H3. The first kappa shape index (κ1) is 13.8. The molecule has 0 aliphatic heterocycles. The van der Waals surface area contributed by atoms with Gasteiger partial charge in [-0.2, -0.15) is 0 Å². The van der Waals surface area contributed by atoms with Crippen molar-refractivity contribution in [1.29, 1.82) is 0 Å². The van der Waals surface area contributed by atoms with Gasteiger partial charge in [0, 0.05) is 25.2 Å². The SMILES string of the molecule is CN(Cc1ccc(CN)cc1Cl)c1ccccc1F. The minimum atomic E-state index is -0.236. The van der Waals surface area contributed by atoms with Crippen molar-refractivity contribution in [2.75, 3.05) is 11.9 Å². The predicted molar refractivity (Wildman–Crippen MR) is 77.9 cm³/mol. The topological polar surface area (TPSA) is 29.3 Å². The average Bonchev–Trinajstić information content (AvgIpc) is 2.41. The zero-order valence-electron chi connectivity index (χ0n) is 10.7. The summed E-state index contributed by atoms with van der Waals surface area (Å²) in [6.07, 6.45) is 0. The molecule has 0 fully saturated rings. The maximum atomic E-state index is 13.7. The van der Waals surface area contributed by atoms with Gasteiger partial charge >= 0.3 is 0 Å². The summed E-state index contributed by atoms with van der Waals surface area (Å²) >= 11 is 6.20.